The Morgan fingerprint density at radius 2 is 2.05 bits per heavy atom. The quantitative estimate of drug-likeness (QED) is 0.828. The first-order valence-electron chi connectivity index (χ1n) is 5.92. The molecule has 0 spiro atoms. The summed E-state index contributed by atoms with van der Waals surface area (Å²) >= 11 is 2.87. The van der Waals surface area contributed by atoms with Crippen LogP contribution in [-0.4, -0.2) is 14.7 Å². The molecular formula is C13H16N2O2S3. The third kappa shape index (κ3) is 3.01. The van der Waals surface area contributed by atoms with Crippen molar-refractivity contribution in [2.45, 2.75) is 23.3 Å². The Balaban J connectivity index is 2.44. The second-order valence-corrected chi connectivity index (χ2v) is 7.61. The number of hydrogen-bond donors (Lipinski definition) is 2. The van der Waals surface area contributed by atoms with Crippen molar-refractivity contribution in [3.8, 4) is 0 Å². The van der Waals surface area contributed by atoms with Gasteiger partial charge >= 0.3 is 0 Å². The summed E-state index contributed by atoms with van der Waals surface area (Å²) in [5, 5.41) is 1.82. The molecule has 0 saturated carbocycles. The second kappa shape index (κ2) is 6.17. The molecule has 108 valence electrons. The number of thioether (sulfide) groups is 1. The van der Waals surface area contributed by atoms with Crippen molar-refractivity contribution in [2.24, 2.45) is 5.73 Å². The number of sulfonamides is 1. The topological polar surface area (TPSA) is 72.2 Å². The minimum atomic E-state index is -3.61. The molecule has 7 heteroatoms. The van der Waals surface area contributed by atoms with Crippen molar-refractivity contribution in [1.82, 2.24) is 0 Å². The maximum atomic E-state index is 12.6. The molecule has 3 N–H and O–H groups in total. The lowest BCUT2D eigenvalue weighted by Gasteiger charge is -2.12. The number of nitrogens with two attached hydrogens (primary N) is 1. The normalized spacial score (nSPS) is 11.6. The minimum Gasteiger partial charge on any atom is -0.326 e. The van der Waals surface area contributed by atoms with E-state index in [0.717, 1.165) is 10.5 Å². The maximum Gasteiger partial charge on any atom is 0.263 e. The Kier molecular flexibility index (Phi) is 4.74. The fourth-order valence-electron chi connectivity index (χ4n) is 1.91. The molecule has 2 aromatic rings. The van der Waals surface area contributed by atoms with Crippen LogP contribution in [0.15, 0.2) is 39.4 Å². The van der Waals surface area contributed by atoms with E-state index in [2.05, 4.69) is 4.72 Å². The van der Waals surface area contributed by atoms with E-state index >= 15 is 0 Å². The first-order chi connectivity index (χ1) is 9.49. The van der Waals surface area contributed by atoms with Gasteiger partial charge in [-0.25, -0.2) is 8.42 Å². The molecule has 20 heavy (non-hydrogen) atoms. The van der Waals surface area contributed by atoms with Crippen molar-refractivity contribution in [3.05, 3.63) is 40.1 Å². The predicted molar refractivity (Wildman–Crippen MR) is 86.0 cm³/mol. The van der Waals surface area contributed by atoms with Gasteiger partial charge in [0.1, 0.15) is 4.90 Å². The van der Waals surface area contributed by atoms with Gasteiger partial charge in [0.25, 0.3) is 10.0 Å². The van der Waals surface area contributed by atoms with Gasteiger partial charge < -0.3 is 5.73 Å². The van der Waals surface area contributed by atoms with Gasteiger partial charge in [0.05, 0.1) is 5.69 Å². The summed E-state index contributed by atoms with van der Waals surface area (Å²) in [6, 6.07) is 7.33. The summed E-state index contributed by atoms with van der Waals surface area (Å²) in [4.78, 5) is 1.87. The van der Waals surface area contributed by atoms with Gasteiger partial charge in [0.2, 0.25) is 0 Å². The zero-order valence-corrected chi connectivity index (χ0v) is 13.7. The molecule has 1 heterocycles. The first kappa shape index (κ1) is 15.4. The van der Waals surface area contributed by atoms with Crippen LogP contribution in [0.3, 0.4) is 0 Å². The van der Waals surface area contributed by atoms with E-state index in [-0.39, 0.29) is 6.54 Å². The monoisotopic (exact) mass is 328 g/mol. The van der Waals surface area contributed by atoms with Gasteiger partial charge in [0.15, 0.2) is 0 Å². The molecule has 4 nitrogen and oxygen atoms in total. The Labute approximate surface area is 127 Å². The molecule has 0 radical (unpaired) electrons. The molecule has 2 rings (SSSR count). The Bertz CT molecular complexity index is 708. The van der Waals surface area contributed by atoms with Crippen molar-refractivity contribution in [1.29, 1.82) is 0 Å². The molecular weight excluding hydrogens is 312 g/mol. The zero-order valence-electron chi connectivity index (χ0n) is 11.2. The van der Waals surface area contributed by atoms with E-state index in [4.69, 9.17) is 5.73 Å². The standard InChI is InChI=1S/C13H16N2O2S3/c1-9-8-19-12(7-14)13(9)20(16,17)15-10-5-3-4-6-11(10)18-2/h3-6,8,15H,7,14H2,1-2H3. The van der Waals surface area contributed by atoms with Gasteiger partial charge in [-0.3, -0.25) is 4.72 Å². The summed E-state index contributed by atoms with van der Waals surface area (Å²) in [7, 11) is -3.61. The number of rotatable bonds is 5. The Hall–Kier alpha value is -1.02. The van der Waals surface area contributed by atoms with Crippen LogP contribution < -0.4 is 10.5 Å². The summed E-state index contributed by atoms with van der Waals surface area (Å²) in [6.07, 6.45) is 1.91. The van der Waals surface area contributed by atoms with Gasteiger partial charge in [-0.05, 0) is 36.3 Å². The molecule has 0 amide bonds. The summed E-state index contributed by atoms with van der Waals surface area (Å²) < 4.78 is 27.8. The summed E-state index contributed by atoms with van der Waals surface area (Å²) in [5.41, 5.74) is 6.94. The number of thiophene rings is 1. The highest BCUT2D eigenvalue weighted by molar-refractivity contribution is 7.99. The van der Waals surface area contributed by atoms with Crippen LogP contribution >= 0.6 is 23.1 Å². The third-order valence-electron chi connectivity index (χ3n) is 2.79. The SMILES string of the molecule is CSc1ccccc1NS(=O)(=O)c1c(C)csc1CN. The van der Waals surface area contributed by atoms with Crippen LogP contribution in [0, 0.1) is 6.92 Å². The highest BCUT2D eigenvalue weighted by Gasteiger charge is 2.23. The smallest absolute Gasteiger partial charge is 0.263 e. The van der Waals surface area contributed by atoms with Crippen LogP contribution in [0.25, 0.3) is 0 Å². The molecule has 1 aromatic carbocycles. The first-order valence-corrected chi connectivity index (χ1v) is 9.51. The maximum absolute atomic E-state index is 12.6. The van der Waals surface area contributed by atoms with E-state index < -0.39 is 10.0 Å². The molecule has 0 aliphatic carbocycles. The second-order valence-electron chi connectivity index (χ2n) is 4.18. The molecule has 0 bridgehead atoms. The fraction of sp³-hybridized carbons (Fsp3) is 0.231. The van der Waals surface area contributed by atoms with Crippen LogP contribution in [0.4, 0.5) is 5.69 Å². The molecule has 0 unspecified atom stereocenters. The van der Waals surface area contributed by atoms with E-state index in [1.165, 1.54) is 23.1 Å². The molecule has 0 fully saturated rings. The number of hydrogen-bond acceptors (Lipinski definition) is 5. The number of benzene rings is 1. The third-order valence-corrected chi connectivity index (χ3v) is 6.44. The van der Waals surface area contributed by atoms with E-state index in [1.54, 1.807) is 13.0 Å². The van der Waals surface area contributed by atoms with Crippen LogP contribution in [0.2, 0.25) is 0 Å². The summed E-state index contributed by atoms with van der Waals surface area (Å²) in [6.45, 7) is 2.00. The Morgan fingerprint density at radius 1 is 1.35 bits per heavy atom. The van der Waals surface area contributed by atoms with Crippen molar-refractivity contribution in [2.75, 3.05) is 11.0 Å². The van der Waals surface area contributed by atoms with Crippen molar-refractivity contribution in [3.63, 3.8) is 0 Å². The largest absolute Gasteiger partial charge is 0.326 e. The van der Waals surface area contributed by atoms with Crippen LogP contribution in [0.1, 0.15) is 10.4 Å². The van der Waals surface area contributed by atoms with Crippen molar-refractivity contribution < 1.29 is 8.42 Å². The van der Waals surface area contributed by atoms with Crippen LogP contribution in [-0.2, 0) is 16.6 Å². The number of anilines is 1. The highest BCUT2D eigenvalue weighted by atomic mass is 32.2. The summed E-state index contributed by atoms with van der Waals surface area (Å²) in [5.74, 6) is 0. The molecule has 0 saturated heterocycles. The fourth-order valence-corrected chi connectivity index (χ4v) is 5.32. The van der Waals surface area contributed by atoms with Gasteiger partial charge in [-0.1, -0.05) is 12.1 Å². The van der Waals surface area contributed by atoms with Gasteiger partial charge in [-0.15, -0.1) is 23.1 Å². The van der Waals surface area contributed by atoms with Crippen LogP contribution in [0.5, 0.6) is 0 Å². The number of nitrogens with one attached hydrogen (secondary N) is 1. The lowest BCUT2D eigenvalue weighted by Crippen LogP contribution is -2.16. The lowest BCUT2D eigenvalue weighted by molar-refractivity contribution is 0.600. The average molecular weight is 328 g/mol. The van der Waals surface area contributed by atoms with Gasteiger partial charge in [-0.2, -0.15) is 0 Å². The van der Waals surface area contributed by atoms with E-state index in [0.29, 0.717) is 15.5 Å². The van der Waals surface area contributed by atoms with E-state index in [9.17, 15) is 8.42 Å². The molecule has 1 aromatic heterocycles. The highest BCUT2D eigenvalue weighted by Crippen LogP contribution is 2.31. The van der Waals surface area contributed by atoms with Crippen molar-refractivity contribution >= 4 is 38.8 Å². The Morgan fingerprint density at radius 3 is 2.70 bits per heavy atom. The average Bonchev–Trinajstić information content (AvgIpc) is 2.81. The minimum absolute atomic E-state index is 0.221. The number of para-hydroxylation sites is 1. The zero-order chi connectivity index (χ0) is 14.8. The molecule has 0 aliphatic rings. The van der Waals surface area contributed by atoms with E-state index in [1.807, 2.05) is 29.8 Å². The predicted octanol–water partition coefficient (Wildman–Crippen LogP) is 3.04. The number of aryl methyl sites for hydroxylation is 1. The molecule has 0 atom stereocenters. The lowest BCUT2D eigenvalue weighted by atomic mass is 10.3. The molecule has 0 aliphatic heterocycles. The van der Waals surface area contributed by atoms with Gasteiger partial charge in [0, 0.05) is 16.3 Å².